The minimum atomic E-state index is 0.0629. The lowest BCUT2D eigenvalue weighted by Crippen LogP contribution is -2.11. The van der Waals surface area contributed by atoms with E-state index in [2.05, 4.69) is 21.0 Å². The fourth-order valence-electron chi connectivity index (χ4n) is 2.34. The van der Waals surface area contributed by atoms with Gasteiger partial charge in [-0.15, -0.1) is 0 Å². The number of carbonyl (C=O) groups excluding carboxylic acids is 1. The quantitative estimate of drug-likeness (QED) is 0.721. The van der Waals surface area contributed by atoms with Gasteiger partial charge in [0.05, 0.1) is 22.8 Å². The van der Waals surface area contributed by atoms with Crippen LogP contribution in [-0.2, 0) is 19.4 Å². The molecule has 0 fully saturated rings. The van der Waals surface area contributed by atoms with E-state index in [0.717, 1.165) is 33.4 Å². The van der Waals surface area contributed by atoms with E-state index < -0.39 is 0 Å². The van der Waals surface area contributed by atoms with Crippen molar-refractivity contribution in [2.75, 3.05) is 0 Å². The summed E-state index contributed by atoms with van der Waals surface area (Å²) in [7, 11) is 0. The zero-order chi connectivity index (χ0) is 15.6. The second-order valence-corrected chi connectivity index (χ2v) is 6.12. The molecule has 1 aromatic carbocycles. The van der Waals surface area contributed by atoms with Gasteiger partial charge in [-0.1, -0.05) is 46.6 Å². The van der Waals surface area contributed by atoms with Gasteiger partial charge in [0.1, 0.15) is 0 Å². The third-order valence-corrected chi connectivity index (χ3v) is 4.89. The number of hydrogen-bond donors (Lipinski definition) is 0. The summed E-state index contributed by atoms with van der Waals surface area (Å²) < 4.78 is 2.77. The average molecular weight is 370 g/mol. The van der Waals surface area contributed by atoms with Crippen LogP contribution in [0.1, 0.15) is 41.2 Å². The first-order chi connectivity index (χ1) is 9.99. The fraction of sp³-hybridized carbons (Fsp3) is 0.375. The van der Waals surface area contributed by atoms with Crippen LogP contribution in [0.4, 0.5) is 0 Å². The maximum Gasteiger partial charge on any atom is 0.169 e. The molecule has 0 radical (unpaired) electrons. The Balaban J connectivity index is 2.36. The Morgan fingerprint density at radius 3 is 2.71 bits per heavy atom. The monoisotopic (exact) mass is 368 g/mol. The first kappa shape index (κ1) is 16.2. The molecular weight excluding hydrogens is 352 g/mol. The van der Waals surface area contributed by atoms with Crippen LogP contribution in [0.15, 0.2) is 22.7 Å². The van der Waals surface area contributed by atoms with Crippen LogP contribution in [0.25, 0.3) is 0 Å². The van der Waals surface area contributed by atoms with Crippen LogP contribution >= 0.6 is 27.5 Å². The van der Waals surface area contributed by atoms with Gasteiger partial charge in [-0.3, -0.25) is 9.48 Å². The summed E-state index contributed by atoms with van der Waals surface area (Å²) in [6, 6.07) is 5.66. The molecule has 112 valence electrons. The summed E-state index contributed by atoms with van der Waals surface area (Å²) >= 11 is 9.83. The van der Waals surface area contributed by atoms with Gasteiger partial charge in [-0.2, -0.15) is 5.10 Å². The Morgan fingerprint density at radius 2 is 2.10 bits per heavy atom. The number of halogens is 2. The molecule has 0 spiro atoms. The van der Waals surface area contributed by atoms with E-state index in [1.807, 2.05) is 43.7 Å². The van der Waals surface area contributed by atoms with Crippen LogP contribution in [0.2, 0.25) is 5.02 Å². The highest BCUT2D eigenvalue weighted by molar-refractivity contribution is 9.10. The largest absolute Gasteiger partial charge is 0.294 e. The zero-order valence-corrected chi connectivity index (χ0v) is 14.8. The highest BCUT2D eigenvalue weighted by Gasteiger charge is 2.19. The summed E-state index contributed by atoms with van der Waals surface area (Å²) in [5, 5.41) is 5.08. The first-order valence-electron chi connectivity index (χ1n) is 7.01. The van der Waals surface area contributed by atoms with Crippen LogP contribution < -0.4 is 0 Å². The molecule has 0 bridgehead atoms. The van der Waals surface area contributed by atoms with Gasteiger partial charge >= 0.3 is 0 Å². The third kappa shape index (κ3) is 3.22. The molecule has 0 aliphatic heterocycles. The van der Waals surface area contributed by atoms with Crippen molar-refractivity contribution < 1.29 is 4.79 Å². The van der Waals surface area contributed by atoms with E-state index in [9.17, 15) is 4.79 Å². The van der Waals surface area contributed by atoms with E-state index in [4.69, 9.17) is 11.6 Å². The van der Waals surface area contributed by atoms with Crippen molar-refractivity contribution in [3.05, 3.63) is 50.2 Å². The number of hydrogen-bond acceptors (Lipinski definition) is 2. The molecule has 5 heteroatoms. The van der Waals surface area contributed by atoms with Crippen LogP contribution in [0.3, 0.4) is 0 Å². The Labute approximate surface area is 138 Å². The van der Waals surface area contributed by atoms with Gasteiger partial charge in [-0.25, -0.2) is 0 Å². The maximum atomic E-state index is 12.6. The van der Waals surface area contributed by atoms with Crippen molar-refractivity contribution in [1.82, 2.24) is 9.78 Å². The molecule has 0 amide bonds. The normalized spacial score (nSPS) is 10.9. The van der Waals surface area contributed by atoms with Gasteiger partial charge in [0.25, 0.3) is 0 Å². The van der Waals surface area contributed by atoms with Gasteiger partial charge < -0.3 is 0 Å². The molecule has 2 rings (SSSR count). The number of rotatable bonds is 5. The predicted octanol–water partition coefficient (Wildman–Crippen LogP) is 4.62. The minimum Gasteiger partial charge on any atom is -0.294 e. The fourth-order valence-corrected chi connectivity index (χ4v) is 3.05. The van der Waals surface area contributed by atoms with Crippen molar-refractivity contribution in [2.24, 2.45) is 0 Å². The van der Waals surface area contributed by atoms with Gasteiger partial charge in [0.15, 0.2) is 5.78 Å². The standard InChI is InChI=1S/C16H18BrClN2O/c1-4-13-16(18)14(20(5-2)19-13)9-15(21)11-7-6-8-12(17)10(11)3/h6-8H,4-5,9H2,1-3H3. The summed E-state index contributed by atoms with van der Waals surface area (Å²) in [5.41, 5.74) is 3.34. The Kier molecular flexibility index (Phi) is 5.22. The van der Waals surface area contributed by atoms with E-state index >= 15 is 0 Å². The van der Waals surface area contributed by atoms with E-state index in [1.165, 1.54) is 0 Å². The summed E-state index contributed by atoms with van der Waals surface area (Å²) in [6.45, 7) is 6.66. The lowest BCUT2D eigenvalue weighted by molar-refractivity contribution is 0.0990. The topological polar surface area (TPSA) is 34.9 Å². The van der Waals surface area contributed by atoms with Crippen molar-refractivity contribution >= 4 is 33.3 Å². The number of aromatic nitrogens is 2. The molecule has 3 nitrogen and oxygen atoms in total. The van der Waals surface area contributed by atoms with Gasteiger partial charge in [-0.05, 0) is 31.9 Å². The summed E-state index contributed by atoms with van der Waals surface area (Å²) in [4.78, 5) is 12.6. The summed E-state index contributed by atoms with van der Waals surface area (Å²) in [5.74, 6) is 0.0629. The number of carbonyl (C=O) groups is 1. The van der Waals surface area contributed by atoms with E-state index in [1.54, 1.807) is 0 Å². The van der Waals surface area contributed by atoms with E-state index in [0.29, 0.717) is 11.6 Å². The van der Waals surface area contributed by atoms with Crippen molar-refractivity contribution in [3.63, 3.8) is 0 Å². The minimum absolute atomic E-state index is 0.0629. The van der Waals surface area contributed by atoms with E-state index in [-0.39, 0.29) is 12.2 Å². The van der Waals surface area contributed by atoms with Crippen LogP contribution in [0, 0.1) is 6.92 Å². The lowest BCUT2D eigenvalue weighted by Gasteiger charge is -2.08. The molecule has 0 saturated carbocycles. The number of nitrogens with zero attached hydrogens (tertiary/aromatic N) is 2. The second-order valence-electron chi connectivity index (χ2n) is 4.89. The molecule has 0 aliphatic rings. The van der Waals surface area contributed by atoms with Crippen molar-refractivity contribution in [3.8, 4) is 0 Å². The molecule has 1 aromatic heterocycles. The molecule has 0 aliphatic carbocycles. The second kappa shape index (κ2) is 6.75. The molecule has 0 unspecified atom stereocenters. The summed E-state index contributed by atoms with van der Waals surface area (Å²) in [6.07, 6.45) is 1.04. The number of ketones is 1. The smallest absolute Gasteiger partial charge is 0.169 e. The molecular formula is C16H18BrClN2O. The predicted molar refractivity (Wildman–Crippen MR) is 89.2 cm³/mol. The average Bonchev–Trinajstić information content (AvgIpc) is 2.78. The number of aryl methyl sites for hydroxylation is 2. The van der Waals surface area contributed by atoms with Crippen LogP contribution in [-0.4, -0.2) is 15.6 Å². The molecule has 0 atom stereocenters. The third-order valence-electron chi connectivity index (χ3n) is 3.59. The molecule has 1 heterocycles. The molecule has 0 saturated heterocycles. The Bertz CT molecular complexity index is 679. The van der Waals surface area contributed by atoms with Crippen molar-refractivity contribution in [1.29, 1.82) is 0 Å². The van der Waals surface area contributed by atoms with Gasteiger partial charge in [0.2, 0.25) is 0 Å². The first-order valence-corrected chi connectivity index (χ1v) is 8.19. The highest BCUT2D eigenvalue weighted by Crippen LogP contribution is 2.25. The highest BCUT2D eigenvalue weighted by atomic mass is 79.9. The van der Waals surface area contributed by atoms with Crippen LogP contribution in [0.5, 0.6) is 0 Å². The molecule has 21 heavy (non-hydrogen) atoms. The maximum absolute atomic E-state index is 12.6. The number of Topliss-reactive ketones (excluding diaryl/α,β-unsaturated/α-hetero) is 1. The molecule has 2 aromatic rings. The number of benzene rings is 1. The Morgan fingerprint density at radius 1 is 1.38 bits per heavy atom. The zero-order valence-electron chi connectivity index (χ0n) is 12.4. The lowest BCUT2D eigenvalue weighted by atomic mass is 10.0. The van der Waals surface area contributed by atoms with Gasteiger partial charge in [0, 0.05) is 16.6 Å². The SMILES string of the molecule is CCc1nn(CC)c(CC(=O)c2cccc(Br)c2C)c1Cl. The van der Waals surface area contributed by atoms with Crippen molar-refractivity contribution in [2.45, 2.75) is 40.2 Å². The Hall–Kier alpha value is -1.13. The molecule has 0 N–H and O–H groups in total.